The lowest BCUT2D eigenvalue weighted by molar-refractivity contribution is -0.0329. The summed E-state index contributed by atoms with van der Waals surface area (Å²) in [5, 5.41) is 28.2. The van der Waals surface area contributed by atoms with Crippen molar-refractivity contribution in [2.45, 2.75) is 77.0 Å². The highest BCUT2D eigenvalue weighted by Crippen LogP contribution is 2.33. The van der Waals surface area contributed by atoms with E-state index in [2.05, 4.69) is 139 Å². The lowest BCUT2D eigenvalue weighted by atomic mass is 9.97. The molecule has 6 aromatic rings. The average molecular weight is 995 g/mol. The molecular formula is C58H70N14O2. The van der Waals surface area contributed by atoms with Crippen LogP contribution < -0.4 is 30.2 Å². The van der Waals surface area contributed by atoms with Gasteiger partial charge in [-0.05, 0) is 137 Å². The fourth-order valence-corrected chi connectivity index (χ4v) is 12.2. The van der Waals surface area contributed by atoms with Crippen molar-refractivity contribution < 1.29 is 9.47 Å². The van der Waals surface area contributed by atoms with Crippen LogP contribution in [0.3, 0.4) is 0 Å². The predicted octanol–water partition coefficient (Wildman–Crippen LogP) is 6.25. The van der Waals surface area contributed by atoms with Gasteiger partial charge in [0, 0.05) is 151 Å². The van der Waals surface area contributed by atoms with E-state index in [0.717, 1.165) is 162 Å². The molecule has 74 heavy (non-hydrogen) atoms. The fraction of sp³-hybridized carbons (Fsp3) is 0.483. The Bertz CT molecular complexity index is 2830. The van der Waals surface area contributed by atoms with Crippen LogP contribution in [0.2, 0.25) is 0 Å². The first kappa shape index (κ1) is 49.7. The van der Waals surface area contributed by atoms with Crippen molar-refractivity contribution in [1.29, 1.82) is 10.5 Å². The normalized spacial score (nSPS) is 24.6. The molecule has 4 aromatic heterocycles. The van der Waals surface area contributed by atoms with Gasteiger partial charge < -0.3 is 39.7 Å². The van der Waals surface area contributed by atoms with Crippen molar-refractivity contribution in [2.75, 3.05) is 124 Å². The molecule has 4 saturated heterocycles. The molecule has 16 heteroatoms. The van der Waals surface area contributed by atoms with Crippen LogP contribution in [0.15, 0.2) is 85.5 Å². The SMILES string of the molecule is C[C@@H]1CN(c2ccc(C#N)c3ncccc23)C[C@H](CN2CCN(c3cc4c(cn3)CCN[C@@H]4C)CC2)O1.C[C@@H]1CN(c2ccc(C#N)c3ncccc23)C[C@H](CN2CCN(c3cc4c(cn3)CCN[C@H]4C)CC2)O1. The van der Waals surface area contributed by atoms with Gasteiger partial charge in [-0.3, -0.25) is 19.8 Å². The highest BCUT2D eigenvalue weighted by Gasteiger charge is 2.32. The van der Waals surface area contributed by atoms with Gasteiger partial charge in [-0.1, -0.05) is 0 Å². The number of hydrogen-bond acceptors (Lipinski definition) is 16. The maximum absolute atomic E-state index is 9.52. The zero-order chi connectivity index (χ0) is 50.7. The number of benzene rings is 2. The first-order valence-electron chi connectivity index (χ1n) is 26.9. The molecular weight excluding hydrogens is 925 g/mol. The molecule has 0 radical (unpaired) electrons. The van der Waals surface area contributed by atoms with Gasteiger partial charge in [0.1, 0.15) is 23.8 Å². The number of rotatable bonds is 8. The second-order valence-corrected chi connectivity index (χ2v) is 21.1. The van der Waals surface area contributed by atoms with Crippen LogP contribution in [0.4, 0.5) is 23.0 Å². The van der Waals surface area contributed by atoms with E-state index in [1.54, 1.807) is 12.4 Å². The second kappa shape index (κ2) is 22.1. The van der Waals surface area contributed by atoms with E-state index < -0.39 is 0 Å². The lowest BCUT2D eigenvalue weighted by Crippen LogP contribution is -2.54. The predicted molar refractivity (Wildman–Crippen MR) is 292 cm³/mol. The highest BCUT2D eigenvalue weighted by molar-refractivity contribution is 5.96. The van der Waals surface area contributed by atoms with Crippen molar-refractivity contribution >= 4 is 44.8 Å². The molecule has 0 bridgehead atoms. The number of pyridine rings is 4. The molecule has 0 amide bonds. The Morgan fingerprint density at radius 3 is 1.39 bits per heavy atom. The van der Waals surface area contributed by atoms with Crippen LogP contribution in [-0.2, 0) is 22.3 Å². The van der Waals surface area contributed by atoms with Gasteiger partial charge in [-0.2, -0.15) is 10.5 Å². The van der Waals surface area contributed by atoms with Crippen LogP contribution in [0.25, 0.3) is 21.8 Å². The number of aromatic nitrogens is 4. The summed E-state index contributed by atoms with van der Waals surface area (Å²) in [5.74, 6) is 2.20. The molecule has 10 heterocycles. The van der Waals surface area contributed by atoms with E-state index in [9.17, 15) is 10.5 Å². The third kappa shape index (κ3) is 10.7. The number of ether oxygens (including phenoxy) is 2. The Hall–Kier alpha value is -6.50. The lowest BCUT2D eigenvalue weighted by Gasteiger charge is -2.42. The van der Waals surface area contributed by atoms with Gasteiger partial charge in [0.05, 0.1) is 46.6 Å². The smallest absolute Gasteiger partial charge is 0.128 e. The molecule has 4 fully saturated rings. The number of nitriles is 2. The number of anilines is 4. The van der Waals surface area contributed by atoms with E-state index in [-0.39, 0.29) is 24.4 Å². The van der Waals surface area contributed by atoms with Gasteiger partial charge in [0.2, 0.25) is 0 Å². The van der Waals surface area contributed by atoms with E-state index in [1.165, 1.54) is 22.3 Å². The summed E-state index contributed by atoms with van der Waals surface area (Å²) >= 11 is 0. The summed E-state index contributed by atoms with van der Waals surface area (Å²) in [7, 11) is 0. The molecule has 2 N–H and O–H groups in total. The standard InChI is InChI=1S/2C29H35N7O/c2*1-20-17-36(27-6-5-22(15-30)29-25(27)4-3-8-32-29)19-24(37-20)18-34-10-12-35(13-11-34)28-14-26-21(2)31-9-7-23(26)16-33-28/h2*3-6,8,14,16,20-21,24,31H,7,9-13,17-19H2,1-2H3/t20-,21+,24+;20-,21-,24+/m11/s1. The first-order chi connectivity index (χ1) is 36.2. The van der Waals surface area contributed by atoms with Crippen LogP contribution >= 0.6 is 0 Å². The Kier molecular flexibility index (Phi) is 14.9. The van der Waals surface area contributed by atoms with Crippen LogP contribution in [0.5, 0.6) is 0 Å². The maximum Gasteiger partial charge on any atom is 0.128 e. The van der Waals surface area contributed by atoms with Crippen LogP contribution in [-0.4, -0.2) is 159 Å². The number of nitrogens with zero attached hydrogens (tertiary/aromatic N) is 12. The Labute approximate surface area is 435 Å². The molecule has 0 aliphatic carbocycles. The largest absolute Gasteiger partial charge is 0.370 e. The number of morpholine rings is 2. The maximum atomic E-state index is 9.52. The molecule has 0 saturated carbocycles. The molecule has 0 unspecified atom stereocenters. The second-order valence-electron chi connectivity index (χ2n) is 21.1. The topological polar surface area (TPSA) is 161 Å². The quantitative estimate of drug-likeness (QED) is 0.176. The average Bonchev–Trinajstić information content (AvgIpc) is 3.43. The first-order valence-corrected chi connectivity index (χ1v) is 26.9. The van der Waals surface area contributed by atoms with Gasteiger partial charge >= 0.3 is 0 Å². The number of hydrogen-bond donors (Lipinski definition) is 2. The number of nitrogens with one attached hydrogen (secondary N) is 2. The summed E-state index contributed by atoms with van der Waals surface area (Å²) in [6.45, 7) is 23.9. The molecule has 6 atom stereocenters. The Morgan fingerprint density at radius 2 is 0.973 bits per heavy atom. The van der Waals surface area contributed by atoms with Gasteiger partial charge in [-0.25, -0.2) is 9.97 Å². The molecule has 2 aromatic carbocycles. The van der Waals surface area contributed by atoms with Gasteiger partial charge in [0.15, 0.2) is 0 Å². The third-order valence-electron chi connectivity index (χ3n) is 16.0. The summed E-state index contributed by atoms with van der Waals surface area (Å²) in [4.78, 5) is 33.3. The van der Waals surface area contributed by atoms with Crippen molar-refractivity contribution in [3.05, 3.63) is 119 Å². The highest BCUT2D eigenvalue weighted by atomic mass is 16.5. The fourth-order valence-electron chi connectivity index (χ4n) is 12.2. The van der Waals surface area contributed by atoms with E-state index in [0.29, 0.717) is 23.2 Å². The number of piperazine rings is 2. The molecule has 16 nitrogen and oxygen atoms in total. The van der Waals surface area contributed by atoms with E-state index >= 15 is 0 Å². The minimum absolute atomic E-state index is 0.131. The van der Waals surface area contributed by atoms with Crippen molar-refractivity contribution in [3.8, 4) is 12.1 Å². The molecule has 6 aliphatic rings. The zero-order valence-electron chi connectivity index (χ0n) is 43.5. The Morgan fingerprint density at radius 1 is 0.541 bits per heavy atom. The molecule has 12 rings (SSSR count). The monoisotopic (exact) mass is 995 g/mol. The van der Waals surface area contributed by atoms with Crippen molar-refractivity contribution in [1.82, 2.24) is 40.4 Å². The van der Waals surface area contributed by atoms with Crippen LogP contribution in [0, 0.1) is 22.7 Å². The van der Waals surface area contributed by atoms with Crippen molar-refractivity contribution in [2.24, 2.45) is 0 Å². The zero-order valence-corrected chi connectivity index (χ0v) is 43.5. The molecule has 0 spiro atoms. The van der Waals surface area contributed by atoms with Crippen molar-refractivity contribution in [3.63, 3.8) is 0 Å². The summed E-state index contributed by atoms with van der Waals surface area (Å²) in [6, 6.07) is 25.9. The molecule has 384 valence electrons. The summed E-state index contributed by atoms with van der Waals surface area (Å²) < 4.78 is 12.8. The Balaban J connectivity index is 0.000000159. The van der Waals surface area contributed by atoms with E-state index in [1.807, 2.05) is 24.3 Å². The number of fused-ring (bicyclic) bond motifs is 4. The third-order valence-corrected chi connectivity index (χ3v) is 16.0. The summed E-state index contributed by atoms with van der Waals surface area (Å²) in [5.41, 5.74) is 10.6. The van der Waals surface area contributed by atoms with Crippen LogP contribution in [0.1, 0.15) is 73.2 Å². The van der Waals surface area contributed by atoms with Gasteiger partial charge in [0.25, 0.3) is 0 Å². The summed E-state index contributed by atoms with van der Waals surface area (Å²) in [6.07, 6.45) is 10.3. The minimum Gasteiger partial charge on any atom is -0.370 e. The van der Waals surface area contributed by atoms with E-state index in [4.69, 9.17) is 19.4 Å². The molecule has 6 aliphatic heterocycles. The van der Waals surface area contributed by atoms with Gasteiger partial charge in [-0.15, -0.1) is 0 Å². The minimum atomic E-state index is 0.131.